The summed E-state index contributed by atoms with van der Waals surface area (Å²) in [6, 6.07) is 6.81. The summed E-state index contributed by atoms with van der Waals surface area (Å²) >= 11 is 0. The Morgan fingerprint density at radius 3 is 2.50 bits per heavy atom. The minimum atomic E-state index is -1.18. The quantitative estimate of drug-likeness (QED) is 0.373. The van der Waals surface area contributed by atoms with Gasteiger partial charge >= 0.3 is 7.12 Å². The number of unbranched alkanes of at least 4 members (excludes halogenated alkanes) is 1. The maximum Gasteiger partial charge on any atom is 0.451 e. The summed E-state index contributed by atoms with van der Waals surface area (Å²) in [6.07, 6.45) is 5.30. The highest BCUT2D eigenvalue weighted by Crippen LogP contribution is 2.10. The minimum absolute atomic E-state index is 0.222. The molecule has 5 N–H and O–H groups in total. The third kappa shape index (κ3) is 8.54. The molecule has 0 fully saturated rings. The molecule has 0 aromatic heterocycles. The lowest BCUT2D eigenvalue weighted by Crippen LogP contribution is -2.23. The summed E-state index contributed by atoms with van der Waals surface area (Å²) in [5, 5.41) is 21.0. The van der Waals surface area contributed by atoms with Gasteiger partial charge in [-0.3, -0.25) is 0 Å². The molecule has 0 spiro atoms. The van der Waals surface area contributed by atoms with Crippen LogP contribution in [0.2, 0.25) is 6.32 Å². The van der Waals surface area contributed by atoms with Crippen molar-refractivity contribution in [2.45, 2.75) is 64.9 Å². The van der Waals surface area contributed by atoms with E-state index in [1.165, 1.54) is 16.7 Å². The average molecular weight is 306 g/mol. The van der Waals surface area contributed by atoms with Gasteiger partial charge in [0.15, 0.2) is 0 Å². The molecule has 0 amide bonds. The maximum atomic E-state index is 8.76. The topological polar surface area (TPSA) is 78.5 Å². The van der Waals surface area contributed by atoms with Crippen LogP contribution in [-0.2, 0) is 6.54 Å². The van der Waals surface area contributed by atoms with Crippen LogP contribution in [0.25, 0.3) is 0 Å². The summed E-state index contributed by atoms with van der Waals surface area (Å²) in [7, 11) is -1.18. The summed E-state index contributed by atoms with van der Waals surface area (Å²) in [5.41, 5.74) is 10.1. The molecule has 22 heavy (non-hydrogen) atoms. The van der Waals surface area contributed by atoms with Crippen LogP contribution < -0.4 is 11.1 Å². The fraction of sp³-hybridized carbons (Fsp3) is 0.647. The summed E-state index contributed by atoms with van der Waals surface area (Å²) in [6.45, 7) is 6.17. The molecule has 1 rings (SSSR count). The zero-order chi connectivity index (χ0) is 16.4. The molecule has 1 atom stereocenters. The van der Waals surface area contributed by atoms with E-state index in [4.69, 9.17) is 15.8 Å². The summed E-state index contributed by atoms with van der Waals surface area (Å²) < 4.78 is 0. The van der Waals surface area contributed by atoms with Crippen LogP contribution in [0.4, 0.5) is 0 Å². The van der Waals surface area contributed by atoms with Crippen LogP contribution >= 0.6 is 0 Å². The van der Waals surface area contributed by atoms with E-state index in [0.29, 0.717) is 6.32 Å². The third-order valence-corrected chi connectivity index (χ3v) is 4.12. The van der Waals surface area contributed by atoms with Crippen LogP contribution in [0.5, 0.6) is 0 Å². The van der Waals surface area contributed by atoms with E-state index >= 15 is 0 Å². The Balaban J connectivity index is 2.03. The van der Waals surface area contributed by atoms with Gasteiger partial charge in [-0.25, -0.2) is 0 Å². The molecule has 0 aliphatic heterocycles. The number of hydrogen-bond donors (Lipinski definition) is 4. The van der Waals surface area contributed by atoms with Crippen molar-refractivity contribution in [2.24, 2.45) is 5.73 Å². The maximum absolute atomic E-state index is 8.76. The van der Waals surface area contributed by atoms with E-state index in [1.54, 1.807) is 0 Å². The molecule has 4 nitrogen and oxygen atoms in total. The standard InChI is InChI=1S/C17H31BN2O2/c1-14-8-9-16(12-15(14)2)13-20-11-5-7-17(19)6-3-4-10-18(21)22/h8-9,12,17,20-22H,3-7,10-11,13,19H2,1-2H3. The van der Waals surface area contributed by atoms with Gasteiger partial charge in [0.2, 0.25) is 0 Å². The zero-order valence-corrected chi connectivity index (χ0v) is 14.0. The molecule has 124 valence electrons. The molecular weight excluding hydrogens is 275 g/mol. The molecule has 0 aliphatic rings. The highest BCUT2D eigenvalue weighted by molar-refractivity contribution is 6.40. The van der Waals surface area contributed by atoms with Gasteiger partial charge in [0.05, 0.1) is 0 Å². The van der Waals surface area contributed by atoms with Crippen molar-refractivity contribution in [2.75, 3.05) is 6.54 Å². The number of nitrogens with two attached hydrogens (primary N) is 1. The Morgan fingerprint density at radius 1 is 1.09 bits per heavy atom. The lowest BCUT2D eigenvalue weighted by Gasteiger charge is -2.12. The second kappa shape index (κ2) is 10.8. The van der Waals surface area contributed by atoms with Gasteiger partial charge in [0.1, 0.15) is 0 Å². The van der Waals surface area contributed by atoms with Gasteiger partial charge < -0.3 is 21.1 Å². The van der Waals surface area contributed by atoms with Gasteiger partial charge in [0, 0.05) is 12.6 Å². The van der Waals surface area contributed by atoms with Crippen molar-refractivity contribution in [1.82, 2.24) is 5.32 Å². The largest absolute Gasteiger partial charge is 0.451 e. The Morgan fingerprint density at radius 2 is 1.82 bits per heavy atom. The van der Waals surface area contributed by atoms with Crippen molar-refractivity contribution in [3.05, 3.63) is 34.9 Å². The Bertz CT molecular complexity index is 427. The number of nitrogens with one attached hydrogen (secondary N) is 1. The van der Waals surface area contributed by atoms with Crippen molar-refractivity contribution < 1.29 is 10.0 Å². The minimum Gasteiger partial charge on any atom is -0.427 e. The Hall–Kier alpha value is -0.875. The fourth-order valence-corrected chi connectivity index (χ4v) is 2.51. The first-order valence-corrected chi connectivity index (χ1v) is 8.37. The summed E-state index contributed by atoms with van der Waals surface area (Å²) in [4.78, 5) is 0. The normalized spacial score (nSPS) is 12.4. The van der Waals surface area contributed by atoms with E-state index < -0.39 is 7.12 Å². The molecule has 5 heteroatoms. The van der Waals surface area contributed by atoms with E-state index in [1.807, 2.05) is 0 Å². The molecule has 1 unspecified atom stereocenters. The van der Waals surface area contributed by atoms with Crippen molar-refractivity contribution in [1.29, 1.82) is 0 Å². The first-order chi connectivity index (χ1) is 10.5. The fourth-order valence-electron chi connectivity index (χ4n) is 2.51. The van der Waals surface area contributed by atoms with Crippen LogP contribution in [0.15, 0.2) is 18.2 Å². The van der Waals surface area contributed by atoms with Crippen molar-refractivity contribution >= 4 is 7.12 Å². The molecule has 0 radical (unpaired) electrons. The van der Waals surface area contributed by atoms with E-state index in [2.05, 4.69) is 37.4 Å². The molecule has 0 heterocycles. The van der Waals surface area contributed by atoms with Gasteiger partial charge in [-0.15, -0.1) is 0 Å². The predicted molar refractivity (Wildman–Crippen MR) is 93.7 cm³/mol. The Kier molecular flexibility index (Phi) is 9.40. The molecule has 0 bridgehead atoms. The number of hydrogen-bond acceptors (Lipinski definition) is 4. The number of benzene rings is 1. The average Bonchev–Trinajstić information content (AvgIpc) is 2.46. The Labute approximate surface area is 135 Å². The highest BCUT2D eigenvalue weighted by atomic mass is 16.4. The first-order valence-electron chi connectivity index (χ1n) is 8.37. The van der Waals surface area contributed by atoms with Crippen LogP contribution in [0.3, 0.4) is 0 Å². The van der Waals surface area contributed by atoms with E-state index in [9.17, 15) is 0 Å². The molecule has 0 aliphatic carbocycles. The van der Waals surface area contributed by atoms with Gasteiger partial charge in [0.25, 0.3) is 0 Å². The lowest BCUT2D eigenvalue weighted by molar-refractivity contribution is 0.400. The van der Waals surface area contributed by atoms with Gasteiger partial charge in [-0.2, -0.15) is 0 Å². The van der Waals surface area contributed by atoms with Crippen LogP contribution in [-0.4, -0.2) is 29.8 Å². The van der Waals surface area contributed by atoms with Crippen LogP contribution in [0.1, 0.15) is 48.8 Å². The molecule has 1 aromatic carbocycles. The molecule has 0 saturated carbocycles. The number of aryl methyl sites for hydroxylation is 2. The number of rotatable bonds is 11. The SMILES string of the molecule is Cc1ccc(CNCCCC(N)CCCCB(O)O)cc1C. The van der Waals surface area contributed by atoms with E-state index in [0.717, 1.165) is 45.2 Å². The van der Waals surface area contributed by atoms with Gasteiger partial charge in [-0.05, 0) is 62.7 Å². The summed E-state index contributed by atoms with van der Waals surface area (Å²) in [5.74, 6) is 0. The lowest BCUT2D eigenvalue weighted by atomic mass is 9.83. The van der Waals surface area contributed by atoms with Crippen molar-refractivity contribution in [3.63, 3.8) is 0 Å². The zero-order valence-electron chi connectivity index (χ0n) is 14.0. The molecular formula is C17H31BN2O2. The second-order valence-electron chi connectivity index (χ2n) is 6.26. The highest BCUT2D eigenvalue weighted by Gasteiger charge is 2.07. The third-order valence-electron chi connectivity index (χ3n) is 4.12. The first kappa shape index (κ1) is 19.2. The van der Waals surface area contributed by atoms with Gasteiger partial charge in [-0.1, -0.05) is 31.0 Å². The van der Waals surface area contributed by atoms with Crippen molar-refractivity contribution in [3.8, 4) is 0 Å². The molecule has 1 aromatic rings. The predicted octanol–water partition coefficient (Wildman–Crippen LogP) is 2.14. The van der Waals surface area contributed by atoms with E-state index in [-0.39, 0.29) is 6.04 Å². The van der Waals surface area contributed by atoms with Crippen LogP contribution in [0, 0.1) is 13.8 Å². The monoisotopic (exact) mass is 306 g/mol. The molecule has 0 saturated heterocycles. The second-order valence-corrected chi connectivity index (χ2v) is 6.26. The smallest absolute Gasteiger partial charge is 0.427 e.